The van der Waals surface area contributed by atoms with Gasteiger partial charge in [0.05, 0.1) is 5.69 Å². The molecule has 0 spiro atoms. The predicted octanol–water partition coefficient (Wildman–Crippen LogP) is 2.83. The predicted molar refractivity (Wildman–Crippen MR) is 67.3 cm³/mol. The number of hydrogen-bond acceptors (Lipinski definition) is 3. The highest BCUT2D eigenvalue weighted by atomic mass is 15.1. The Labute approximate surface area is 98.9 Å². The van der Waals surface area contributed by atoms with Crippen LogP contribution in [0, 0.1) is 0 Å². The smallest absolute Gasteiger partial charge is 0.131 e. The summed E-state index contributed by atoms with van der Waals surface area (Å²) in [7, 11) is 0. The quantitative estimate of drug-likeness (QED) is 0.765. The summed E-state index contributed by atoms with van der Waals surface area (Å²) in [5, 5.41) is 0. The minimum atomic E-state index is 0.397. The first-order valence-corrected chi connectivity index (χ1v) is 6.10. The summed E-state index contributed by atoms with van der Waals surface area (Å²) in [5.41, 5.74) is 1.12. The molecule has 1 rings (SSSR count). The third-order valence-electron chi connectivity index (χ3n) is 2.75. The second-order valence-corrected chi connectivity index (χ2v) is 4.72. The van der Waals surface area contributed by atoms with Gasteiger partial charge < -0.3 is 0 Å². The van der Waals surface area contributed by atoms with Crippen molar-refractivity contribution in [1.82, 2.24) is 14.9 Å². The monoisotopic (exact) mass is 221 g/mol. The van der Waals surface area contributed by atoms with Gasteiger partial charge in [0, 0.05) is 24.7 Å². The molecule has 0 N–H and O–H groups in total. The van der Waals surface area contributed by atoms with E-state index in [-0.39, 0.29) is 0 Å². The summed E-state index contributed by atoms with van der Waals surface area (Å²) in [6.07, 6.45) is 1.87. The molecule has 90 valence electrons. The molecule has 3 nitrogen and oxygen atoms in total. The summed E-state index contributed by atoms with van der Waals surface area (Å²) >= 11 is 0. The first-order valence-electron chi connectivity index (χ1n) is 6.10. The van der Waals surface area contributed by atoms with E-state index in [2.05, 4.69) is 49.5 Å². The number of rotatable bonds is 5. The van der Waals surface area contributed by atoms with Gasteiger partial charge in [-0.1, -0.05) is 20.8 Å². The summed E-state index contributed by atoms with van der Waals surface area (Å²) in [5.74, 6) is 1.34. The van der Waals surface area contributed by atoms with E-state index in [1.165, 1.54) is 0 Å². The van der Waals surface area contributed by atoms with Crippen LogP contribution >= 0.6 is 0 Å². The zero-order valence-electron chi connectivity index (χ0n) is 11.1. The Hall–Kier alpha value is -0.960. The molecule has 0 atom stereocenters. The lowest BCUT2D eigenvalue weighted by Gasteiger charge is -2.24. The number of hydrogen-bond donors (Lipinski definition) is 0. The van der Waals surface area contributed by atoms with Gasteiger partial charge in [-0.25, -0.2) is 9.97 Å². The lowest BCUT2D eigenvalue weighted by atomic mass is 10.2. The van der Waals surface area contributed by atoms with Crippen LogP contribution in [-0.4, -0.2) is 27.5 Å². The van der Waals surface area contributed by atoms with Gasteiger partial charge in [-0.3, -0.25) is 4.90 Å². The molecule has 0 aliphatic heterocycles. The van der Waals surface area contributed by atoms with Gasteiger partial charge in [-0.05, 0) is 26.5 Å². The summed E-state index contributed by atoms with van der Waals surface area (Å²) < 4.78 is 0. The molecule has 0 radical (unpaired) electrons. The molecule has 1 aromatic heterocycles. The van der Waals surface area contributed by atoms with Crippen molar-refractivity contribution in [3.8, 4) is 0 Å². The second kappa shape index (κ2) is 5.94. The van der Waals surface area contributed by atoms with Crippen molar-refractivity contribution in [1.29, 1.82) is 0 Å². The minimum Gasteiger partial charge on any atom is -0.295 e. The van der Waals surface area contributed by atoms with Crippen LogP contribution in [0.5, 0.6) is 0 Å². The molecule has 0 fully saturated rings. The lowest BCUT2D eigenvalue weighted by molar-refractivity contribution is 0.222. The van der Waals surface area contributed by atoms with E-state index in [1.54, 1.807) is 0 Å². The molecule has 0 aliphatic rings. The van der Waals surface area contributed by atoms with Gasteiger partial charge >= 0.3 is 0 Å². The van der Waals surface area contributed by atoms with Crippen LogP contribution in [0.15, 0.2) is 12.3 Å². The lowest BCUT2D eigenvalue weighted by Crippen LogP contribution is -2.30. The first-order chi connectivity index (χ1) is 7.54. The van der Waals surface area contributed by atoms with Gasteiger partial charge in [0.2, 0.25) is 0 Å². The molecule has 3 heteroatoms. The first kappa shape index (κ1) is 13.1. The molecule has 0 saturated carbocycles. The fourth-order valence-corrected chi connectivity index (χ4v) is 1.65. The van der Waals surface area contributed by atoms with Crippen LogP contribution in [0.25, 0.3) is 0 Å². The third-order valence-corrected chi connectivity index (χ3v) is 2.75. The van der Waals surface area contributed by atoms with Gasteiger partial charge in [-0.2, -0.15) is 0 Å². The molecule has 0 aromatic carbocycles. The molecule has 16 heavy (non-hydrogen) atoms. The molecule has 0 aliphatic carbocycles. The molecule has 0 amide bonds. The third kappa shape index (κ3) is 3.56. The summed E-state index contributed by atoms with van der Waals surface area (Å²) in [6.45, 7) is 12.8. The zero-order chi connectivity index (χ0) is 12.1. The van der Waals surface area contributed by atoms with Crippen LogP contribution in [0.3, 0.4) is 0 Å². The Morgan fingerprint density at radius 3 is 2.44 bits per heavy atom. The van der Waals surface area contributed by atoms with E-state index in [1.807, 2.05) is 12.3 Å². The zero-order valence-corrected chi connectivity index (χ0v) is 11.1. The van der Waals surface area contributed by atoms with Crippen LogP contribution in [0.1, 0.15) is 52.1 Å². The van der Waals surface area contributed by atoms with Crippen molar-refractivity contribution >= 4 is 0 Å². The molecule has 1 heterocycles. The number of aromatic nitrogens is 2. The van der Waals surface area contributed by atoms with Crippen LogP contribution in [0.4, 0.5) is 0 Å². The van der Waals surface area contributed by atoms with Crippen molar-refractivity contribution < 1.29 is 0 Å². The molecule has 0 bridgehead atoms. The Bertz CT molecular complexity index is 321. The van der Waals surface area contributed by atoms with Crippen molar-refractivity contribution in [3.05, 3.63) is 23.8 Å². The number of nitrogens with zero attached hydrogens (tertiary/aromatic N) is 3. The van der Waals surface area contributed by atoms with E-state index >= 15 is 0 Å². The highest BCUT2D eigenvalue weighted by Gasteiger charge is 2.10. The maximum atomic E-state index is 4.59. The topological polar surface area (TPSA) is 29.0 Å². The Balaban J connectivity index is 2.76. The van der Waals surface area contributed by atoms with Crippen molar-refractivity contribution in [2.45, 2.75) is 53.1 Å². The Morgan fingerprint density at radius 2 is 1.94 bits per heavy atom. The fourth-order valence-electron chi connectivity index (χ4n) is 1.65. The van der Waals surface area contributed by atoms with Crippen LogP contribution in [0.2, 0.25) is 0 Å². The van der Waals surface area contributed by atoms with Crippen LogP contribution < -0.4 is 0 Å². The largest absolute Gasteiger partial charge is 0.295 e. The van der Waals surface area contributed by atoms with Crippen molar-refractivity contribution in [3.63, 3.8) is 0 Å². The van der Waals surface area contributed by atoms with Crippen molar-refractivity contribution in [2.75, 3.05) is 6.54 Å². The van der Waals surface area contributed by atoms with Crippen molar-refractivity contribution in [2.24, 2.45) is 0 Å². The fraction of sp³-hybridized carbons (Fsp3) is 0.692. The van der Waals surface area contributed by atoms with E-state index in [0.29, 0.717) is 12.0 Å². The van der Waals surface area contributed by atoms with E-state index in [0.717, 1.165) is 24.6 Å². The van der Waals surface area contributed by atoms with Gasteiger partial charge in [0.15, 0.2) is 0 Å². The van der Waals surface area contributed by atoms with Gasteiger partial charge in [-0.15, -0.1) is 0 Å². The van der Waals surface area contributed by atoms with Crippen LogP contribution in [-0.2, 0) is 6.54 Å². The molecule has 1 aromatic rings. The molecular weight excluding hydrogens is 198 g/mol. The average Bonchev–Trinajstić information content (AvgIpc) is 2.25. The van der Waals surface area contributed by atoms with Gasteiger partial charge in [0.25, 0.3) is 0 Å². The van der Waals surface area contributed by atoms with Gasteiger partial charge in [0.1, 0.15) is 5.82 Å². The average molecular weight is 221 g/mol. The maximum Gasteiger partial charge on any atom is 0.131 e. The standard InChI is InChI=1S/C13H23N3/c1-6-16(11(4)5)9-12-7-8-14-13(15-12)10(2)3/h7-8,10-11H,6,9H2,1-5H3. The summed E-state index contributed by atoms with van der Waals surface area (Å²) in [6, 6.07) is 2.57. The maximum absolute atomic E-state index is 4.59. The second-order valence-electron chi connectivity index (χ2n) is 4.72. The van der Waals surface area contributed by atoms with E-state index < -0.39 is 0 Å². The Morgan fingerprint density at radius 1 is 1.25 bits per heavy atom. The normalized spacial score (nSPS) is 11.8. The highest BCUT2D eigenvalue weighted by Crippen LogP contribution is 2.10. The van der Waals surface area contributed by atoms with E-state index in [9.17, 15) is 0 Å². The van der Waals surface area contributed by atoms with E-state index in [4.69, 9.17) is 0 Å². The summed E-state index contributed by atoms with van der Waals surface area (Å²) in [4.78, 5) is 11.3. The Kier molecular flexibility index (Phi) is 4.87. The SMILES string of the molecule is CCN(Cc1ccnc(C(C)C)n1)C(C)C. The minimum absolute atomic E-state index is 0.397. The highest BCUT2D eigenvalue weighted by molar-refractivity contribution is 5.04. The molecule has 0 saturated heterocycles. The molecular formula is C13H23N3. The molecule has 0 unspecified atom stereocenters.